The number of para-hydroxylation sites is 1. The third-order valence-electron chi connectivity index (χ3n) is 6.48. The van der Waals surface area contributed by atoms with Crippen LogP contribution in [-0.2, 0) is 4.79 Å². The van der Waals surface area contributed by atoms with Gasteiger partial charge in [0.25, 0.3) is 11.6 Å². The van der Waals surface area contributed by atoms with Gasteiger partial charge in [0.1, 0.15) is 22.5 Å². The van der Waals surface area contributed by atoms with Crippen LogP contribution in [0.25, 0.3) is 20.8 Å². The van der Waals surface area contributed by atoms with Crippen LogP contribution in [0.5, 0.6) is 11.5 Å². The molecule has 6 rings (SSSR count). The number of methoxy groups -OCH3 is 1. The average Bonchev–Trinajstić information content (AvgIpc) is 3.39. The number of nitro benzene ring substituents is 1. The first-order valence-corrected chi connectivity index (χ1v) is 12.7. The Balaban J connectivity index is 1.29. The quantitative estimate of drug-likeness (QED) is 0.139. The molecule has 5 aromatic rings. The lowest BCUT2D eigenvalue weighted by Crippen LogP contribution is -2.61. The van der Waals surface area contributed by atoms with Crippen LogP contribution >= 0.6 is 11.3 Å². The van der Waals surface area contributed by atoms with Crippen molar-refractivity contribution in [1.29, 1.82) is 0 Å². The van der Waals surface area contributed by atoms with Gasteiger partial charge in [-0.25, -0.2) is 4.98 Å². The number of non-ortho nitro benzene ring substituents is 1. The summed E-state index contributed by atoms with van der Waals surface area (Å²) >= 11 is 1.61. The van der Waals surface area contributed by atoms with Gasteiger partial charge in [0, 0.05) is 23.4 Å². The van der Waals surface area contributed by atoms with E-state index in [0.717, 1.165) is 20.8 Å². The van der Waals surface area contributed by atoms with Crippen molar-refractivity contribution in [2.75, 3.05) is 12.0 Å². The van der Waals surface area contributed by atoms with Gasteiger partial charge in [0.15, 0.2) is 0 Å². The molecule has 8 nitrogen and oxygen atoms in total. The van der Waals surface area contributed by atoms with E-state index in [1.54, 1.807) is 59.7 Å². The largest absolute Gasteiger partial charge is 0.497 e. The molecule has 2 atom stereocenters. The number of thiazole rings is 1. The van der Waals surface area contributed by atoms with Crippen LogP contribution < -0.4 is 14.4 Å². The zero-order valence-electron chi connectivity index (χ0n) is 20.2. The summed E-state index contributed by atoms with van der Waals surface area (Å²) in [5.74, 6) is 0.953. The van der Waals surface area contributed by atoms with Crippen molar-refractivity contribution in [3.63, 3.8) is 0 Å². The lowest BCUT2D eigenvalue weighted by Gasteiger charge is -2.46. The maximum absolute atomic E-state index is 13.3. The highest BCUT2D eigenvalue weighted by molar-refractivity contribution is 7.21. The highest BCUT2D eigenvalue weighted by atomic mass is 32.1. The number of amides is 1. The van der Waals surface area contributed by atoms with Crippen molar-refractivity contribution in [3.8, 4) is 22.1 Å². The Morgan fingerprint density at radius 3 is 2.37 bits per heavy atom. The minimum absolute atomic E-state index is 0.0459. The molecule has 1 saturated heterocycles. The highest BCUT2D eigenvalue weighted by Crippen LogP contribution is 2.42. The summed E-state index contributed by atoms with van der Waals surface area (Å²) in [6, 6.07) is 28.3. The molecule has 1 aliphatic heterocycles. The summed E-state index contributed by atoms with van der Waals surface area (Å²) in [4.78, 5) is 30.6. The summed E-state index contributed by atoms with van der Waals surface area (Å²) < 4.78 is 12.5. The van der Waals surface area contributed by atoms with Crippen LogP contribution in [0, 0.1) is 10.1 Å². The first kappa shape index (κ1) is 23.6. The van der Waals surface area contributed by atoms with Gasteiger partial charge in [0.05, 0.1) is 22.2 Å². The van der Waals surface area contributed by atoms with Gasteiger partial charge in [-0.2, -0.15) is 0 Å². The predicted octanol–water partition coefficient (Wildman–Crippen LogP) is 6.42. The van der Waals surface area contributed by atoms with Gasteiger partial charge < -0.3 is 9.47 Å². The number of anilines is 1. The molecule has 0 bridgehead atoms. The van der Waals surface area contributed by atoms with Crippen LogP contribution in [-0.4, -0.2) is 29.0 Å². The number of benzene rings is 4. The summed E-state index contributed by atoms with van der Waals surface area (Å²) in [7, 11) is 1.57. The van der Waals surface area contributed by atoms with E-state index in [1.807, 2.05) is 48.5 Å². The molecule has 2 heterocycles. The standard InChI is InChI=1S/C29H21N3O5S/c1-36-22-15-11-20(12-16-22)31-26(19-5-4-6-21(17-19)32(34)35)27(29(31)33)37-23-13-9-18(10-14-23)28-30-24-7-2-3-8-25(24)38-28/h2-17,26-27H,1H3/t26-,27+/m0/s1. The van der Waals surface area contributed by atoms with Gasteiger partial charge in [-0.3, -0.25) is 19.8 Å². The van der Waals surface area contributed by atoms with E-state index in [2.05, 4.69) is 0 Å². The van der Waals surface area contributed by atoms with E-state index in [9.17, 15) is 14.9 Å². The van der Waals surface area contributed by atoms with Gasteiger partial charge >= 0.3 is 0 Å². The van der Waals surface area contributed by atoms with Crippen molar-refractivity contribution in [2.45, 2.75) is 12.1 Å². The lowest BCUT2D eigenvalue weighted by molar-refractivity contribution is -0.384. The van der Waals surface area contributed by atoms with Crippen LogP contribution in [0.3, 0.4) is 0 Å². The van der Waals surface area contributed by atoms with Gasteiger partial charge in [-0.1, -0.05) is 24.3 Å². The molecule has 4 aromatic carbocycles. The maximum Gasteiger partial charge on any atom is 0.271 e. The first-order chi connectivity index (χ1) is 18.5. The van der Waals surface area contributed by atoms with E-state index in [4.69, 9.17) is 14.5 Å². The van der Waals surface area contributed by atoms with Gasteiger partial charge in [-0.15, -0.1) is 11.3 Å². The number of carbonyl (C=O) groups is 1. The Morgan fingerprint density at radius 2 is 1.66 bits per heavy atom. The Bertz CT molecular complexity index is 1620. The highest BCUT2D eigenvalue weighted by Gasteiger charge is 2.51. The third-order valence-corrected chi connectivity index (χ3v) is 7.56. The van der Waals surface area contributed by atoms with Crippen LogP contribution in [0.1, 0.15) is 11.6 Å². The van der Waals surface area contributed by atoms with Crippen LogP contribution in [0.4, 0.5) is 11.4 Å². The fourth-order valence-electron chi connectivity index (χ4n) is 4.57. The molecule has 0 radical (unpaired) electrons. The molecule has 188 valence electrons. The van der Waals surface area contributed by atoms with Crippen molar-refractivity contribution in [3.05, 3.63) is 113 Å². The number of rotatable bonds is 7. The average molecular weight is 524 g/mol. The number of aromatic nitrogens is 1. The number of ether oxygens (including phenoxy) is 2. The lowest BCUT2D eigenvalue weighted by atomic mass is 9.89. The molecule has 1 fully saturated rings. The smallest absolute Gasteiger partial charge is 0.271 e. The molecule has 0 N–H and O–H groups in total. The van der Waals surface area contributed by atoms with Crippen molar-refractivity contribution < 1.29 is 19.2 Å². The minimum Gasteiger partial charge on any atom is -0.497 e. The fourth-order valence-corrected chi connectivity index (χ4v) is 5.54. The Morgan fingerprint density at radius 1 is 0.921 bits per heavy atom. The summed E-state index contributed by atoms with van der Waals surface area (Å²) in [5, 5.41) is 12.3. The Kier molecular flexibility index (Phi) is 5.97. The fraction of sp³-hybridized carbons (Fsp3) is 0.103. The molecule has 1 amide bonds. The van der Waals surface area contributed by atoms with Crippen molar-refractivity contribution in [2.24, 2.45) is 0 Å². The number of β-lactam (4-membered cyclic amide) rings is 1. The molecular weight excluding hydrogens is 502 g/mol. The van der Waals surface area contributed by atoms with E-state index in [1.165, 1.54) is 12.1 Å². The van der Waals surface area contributed by atoms with Crippen molar-refractivity contribution in [1.82, 2.24) is 4.98 Å². The molecule has 0 saturated carbocycles. The monoisotopic (exact) mass is 523 g/mol. The second kappa shape index (κ2) is 9.60. The third kappa shape index (κ3) is 4.22. The number of nitro groups is 1. The molecule has 1 aromatic heterocycles. The summed E-state index contributed by atoms with van der Waals surface area (Å²) in [6.07, 6.45) is -0.840. The molecule has 0 aliphatic carbocycles. The molecule has 1 aliphatic rings. The normalized spacial score (nSPS) is 16.8. The molecule has 0 spiro atoms. The van der Waals surface area contributed by atoms with E-state index >= 15 is 0 Å². The number of hydrogen-bond acceptors (Lipinski definition) is 7. The zero-order chi connectivity index (χ0) is 26.2. The molecule has 9 heteroatoms. The number of carbonyl (C=O) groups excluding carboxylic acids is 1. The number of hydrogen-bond donors (Lipinski definition) is 0. The van der Waals surface area contributed by atoms with E-state index < -0.39 is 17.1 Å². The molecular formula is C29H21N3O5S. The van der Waals surface area contributed by atoms with Crippen LogP contribution in [0.2, 0.25) is 0 Å². The minimum atomic E-state index is -0.840. The van der Waals surface area contributed by atoms with Gasteiger partial charge in [-0.05, 0) is 66.2 Å². The zero-order valence-corrected chi connectivity index (χ0v) is 21.0. The van der Waals surface area contributed by atoms with E-state index in [0.29, 0.717) is 22.7 Å². The Hall–Kier alpha value is -4.76. The molecule has 38 heavy (non-hydrogen) atoms. The van der Waals surface area contributed by atoms with Gasteiger partial charge in [0.2, 0.25) is 6.10 Å². The summed E-state index contributed by atoms with van der Waals surface area (Å²) in [5.41, 5.74) is 3.12. The first-order valence-electron chi connectivity index (χ1n) is 11.9. The number of nitrogens with zero attached hydrogens (tertiary/aromatic N) is 3. The maximum atomic E-state index is 13.3. The second-order valence-electron chi connectivity index (χ2n) is 8.75. The molecule has 0 unspecified atom stereocenters. The number of fused-ring (bicyclic) bond motifs is 1. The van der Waals surface area contributed by atoms with Crippen molar-refractivity contribution >= 4 is 38.8 Å². The SMILES string of the molecule is COc1ccc(N2C(=O)[C@H](Oc3ccc(-c4nc5ccccc5s4)cc3)[C@@H]2c2cccc([N+](=O)[O-])c2)cc1. The summed E-state index contributed by atoms with van der Waals surface area (Å²) in [6.45, 7) is 0. The van der Waals surface area contributed by atoms with Crippen LogP contribution in [0.15, 0.2) is 97.1 Å². The Labute approximate surface area is 221 Å². The second-order valence-corrected chi connectivity index (χ2v) is 9.78. The van der Waals surface area contributed by atoms with E-state index in [-0.39, 0.29) is 11.6 Å². The topological polar surface area (TPSA) is 94.8 Å². The predicted molar refractivity (Wildman–Crippen MR) is 146 cm³/mol.